The fourth-order valence-electron chi connectivity index (χ4n) is 2.44. The molecule has 1 aliphatic heterocycles. The molecule has 1 aromatic heterocycles. The third-order valence-corrected chi connectivity index (χ3v) is 3.52. The molecular formula is C15H17N3O2. The van der Waals surface area contributed by atoms with Crippen LogP contribution in [0.25, 0.3) is 0 Å². The van der Waals surface area contributed by atoms with Crippen molar-refractivity contribution < 1.29 is 9.53 Å². The van der Waals surface area contributed by atoms with Gasteiger partial charge in [-0.3, -0.25) is 9.89 Å². The lowest BCUT2D eigenvalue weighted by Gasteiger charge is -2.20. The molecule has 104 valence electrons. The van der Waals surface area contributed by atoms with Crippen molar-refractivity contribution in [3.8, 4) is 5.75 Å². The zero-order valence-electron chi connectivity index (χ0n) is 11.4. The zero-order valence-corrected chi connectivity index (χ0v) is 11.4. The Morgan fingerprint density at radius 2 is 2.30 bits per heavy atom. The first-order chi connectivity index (χ1) is 9.72. The van der Waals surface area contributed by atoms with Gasteiger partial charge in [-0.15, -0.1) is 0 Å². The molecule has 0 saturated carbocycles. The predicted molar refractivity (Wildman–Crippen MR) is 74.5 cm³/mol. The van der Waals surface area contributed by atoms with Crippen LogP contribution in [-0.2, 0) is 17.6 Å². The van der Waals surface area contributed by atoms with Gasteiger partial charge in [0, 0.05) is 25.4 Å². The van der Waals surface area contributed by atoms with E-state index in [-0.39, 0.29) is 12.0 Å². The molecule has 0 bridgehead atoms. The van der Waals surface area contributed by atoms with Crippen LogP contribution < -0.4 is 4.74 Å². The Labute approximate surface area is 117 Å². The Balaban J connectivity index is 1.55. The number of aromatic amines is 1. The van der Waals surface area contributed by atoms with Gasteiger partial charge in [-0.2, -0.15) is 5.10 Å². The number of aromatic nitrogens is 2. The lowest BCUT2D eigenvalue weighted by Crippen LogP contribution is -2.37. The van der Waals surface area contributed by atoms with Gasteiger partial charge in [-0.05, 0) is 17.7 Å². The number of H-pyrrole nitrogens is 1. The van der Waals surface area contributed by atoms with Crippen molar-refractivity contribution in [1.82, 2.24) is 15.1 Å². The van der Waals surface area contributed by atoms with E-state index in [4.69, 9.17) is 4.74 Å². The number of rotatable bonds is 4. The molecule has 0 spiro atoms. The number of nitrogens with one attached hydrogen (secondary N) is 1. The summed E-state index contributed by atoms with van der Waals surface area (Å²) in [5.74, 6) is 1.00. The molecule has 5 heteroatoms. The Hall–Kier alpha value is -2.30. The Kier molecular flexibility index (Phi) is 3.41. The third kappa shape index (κ3) is 2.66. The molecule has 0 radical (unpaired) electrons. The second kappa shape index (κ2) is 5.36. The monoisotopic (exact) mass is 271 g/mol. The number of fused-ring (bicyclic) bond motifs is 1. The van der Waals surface area contributed by atoms with Gasteiger partial charge in [0.15, 0.2) is 0 Å². The van der Waals surface area contributed by atoms with Crippen LogP contribution in [0.4, 0.5) is 0 Å². The van der Waals surface area contributed by atoms with Crippen molar-refractivity contribution in [2.24, 2.45) is 0 Å². The summed E-state index contributed by atoms with van der Waals surface area (Å²) in [4.78, 5) is 13.8. The van der Waals surface area contributed by atoms with Gasteiger partial charge in [0.05, 0.1) is 13.0 Å². The maximum Gasteiger partial charge on any atom is 0.228 e. The second-order valence-electron chi connectivity index (χ2n) is 5.08. The molecule has 1 aromatic carbocycles. The van der Waals surface area contributed by atoms with Crippen LogP contribution in [0.15, 0.2) is 36.5 Å². The van der Waals surface area contributed by atoms with E-state index >= 15 is 0 Å². The fourth-order valence-corrected chi connectivity index (χ4v) is 2.44. The second-order valence-corrected chi connectivity index (χ2v) is 5.08. The number of nitrogens with zero attached hydrogens (tertiary/aromatic N) is 2. The van der Waals surface area contributed by atoms with E-state index in [9.17, 15) is 4.79 Å². The minimum Gasteiger partial charge on any atom is -0.488 e. The van der Waals surface area contributed by atoms with Crippen molar-refractivity contribution in [3.05, 3.63) is 47.8 Å². The zero-order chi connectivity index (χ0) is 13.9. The van der Waals surface area contributed by atoms with Crippen molar-refractivity contribution in [1.29, 1.82) is 0 Å². The summed E-state index contributed by atoms with van der Waals surface area (Å²) < 4.78 is 5.85. The minimum absolute atomic E-state index is 0.0446. The highest BCUT2D eigenvalue weighted by Crippen LogP contribution is 2.28. The van der Waals surface area contributed by atoms with E-state index in [2.05, 4.69) is 16.3 Å². The first kappa shape index (κ1) is 12.7. The summed E-state index contributed by atoms with van der Waals surface area (Å²) in [6, 6.07) is 9.84. The molecule has 3 rings (SSSR count). The normalized spacial score (nSPS) is 16.6. The van der Waals surface area contributed by atoms with Crippen molar-refractivity contribution in [2.45, 2.75) is 18.9 Å². The van der Waals surface area contributed by atoms with E-state index in [1.165, 1.54) is 5.56 Å². The van der Waals surface area contributed by atoms with Crippen molar-refractivity contribution >= 4 is 5.91 Å². The summed E-state index contributed by atoms with van der Waals surface area (Å²) in [5.41, 5.74) is 2.05. The number of amides is 1. The maximum atomic E-state index is 12.1. The molecule has 5 nitrogen and oxygen atoms in total. The van der Waals surface area contributed by atoms with E-state index in [1.807, 2.05) is 31.3 Å². The van der Waals surface area contributed by atoms with E-state index in [1.54, 1.807) is 11.1 Å². The van der Waals surface area contributed by atoms with Gasteiger partial charge in [-0.25, -0.2) is 0 Å². The number of likely N-dealkylation sites (N-methyl/N-ethyl adjacent to an activating group) is 1. The summed E-state index contributed by atoms with van der Waals surface area (Å²) in [7, 11) is 1.81. The number of carbonyl (C=O) groups excluding carboxylic acids is 1. The molecule has 0 fully saturated rings. The molecule has 1 atom stereocenters. The van der Waals surface area contributed by atoms with Crippen LogP contribution in [-0.4, -0.2) is 40.7 Å². The van der Waals surface area contributed by atoms with Crippen LogP contribution in [0, 0.1) is 0 Å². The lowest BCUT2D eigenvalue weighted by molar-refractivity contribution is -0.130. The Bertz CT molecular complexity index is 570. The van der Waals surface area contributed by atoms with Crippen LogP contribution in [0.2, 0.25) is 0 Å². The van der Waals surface area contributed by atoms with Gasteiger partial charge in [0.1, 0.15) is 11.9 Å². The molecule has 1 amide bonds. The Morgan fingerprint density at radius 3 is 3.05 bits per heavy atom. The Morgan fingerprint density at radius 1 is 1.45 bits per heavy atom. The quantitative estimate of drug-likeness (QED) is 0.914. The largest absolute Gasteiger partial charge is 0.488 e. The summed E-state index contributed by atoms with van der Waals surface area (Å²) >= 11 is 0. The van der Waals surface area contributed by atoms with Crippen LogP contribution >= 0.6 is 0 Å². The number of ether oxygens (including phenoxy) is 1. The maximum absolute atomic E-state index is 12.1. The van der Waals surface area contributed by atoms with E-state index in [0.29, 0.717) is 13.0 Å². The number of carbonyl (C=O) groups is 1. The number of hydrogen-bond acceptors (Lipinski definition) is 3. The standard InChI is InChI=1S/C15H17N3O2/c1-18(15(19)9-12-6-7-16-17-12)10-13-8-11-4-2-3-5-14(11)20-13/h2-7,13H,8-10H2,1H3,(H,16,17). The molecule has 0 saturated heterocycles. The molecule has 20 heavy (non-hydrogen) atoms. The van der Waals surface area contributed by atoms with Gasteiger partial charge < -0.3 is 9.64 Å². The number of hydrogen-bond donors (Lipinski definition) is 1. The van der Waals surface area contributed by atoms with Crippen LogP contribution in [0.3, 0.4) is 0 Å². The average molecular weight is 271 g/mol. The molecule has 2 aromatic rings. The summed E-state index contributed by atoms with van der Waals surface area (Å²) in [5, 5.41) is 6.65. The predicted octanol–water partition coefficient (Wildman–Crippen LogP) is 1.41. The lowest BCUT2D eigenvalue weighted by atomic mass is 10.1. The minimum atomic E-state index is 0.0446. The topological polar surface area (TPSA) is 58.2 Å². The summed E-state index contributed by atoms with van der Waals surface area (Å²) in [6.07, 6.45) is 2.90. The van der Waals surface area contributed by atoms with Gasteiger partial charge in [0.25, 0.3) is 0 Å². The highest BCUT2D eigenvalue weighted by Gasteiger charge is 2.25. The summed E-state index contributed by atoms with van der Waals surface area (Å²) in [6.45, 7) is 0.599. The van der Waals surface area contributed by atoms with Crippen LogP contribution in [0.1, 0.15) is 11.3 Å². The van der Waals surface area contributed by atoms with Crippen molar-refractivity contribution in [2.75, 3.05) is 13.6 Å². The molecule has 1 aliphatic rings. The number of para-hydroxylation sites is 1. The first-order valence-electron chi connectivity index (χ1n) is 6.69. The van der Waals surface area contributed by atoms with E-state index < -0.39 is 0 Å². The number of benzene rings is 1. The van der Waals surface area contributed by atoms with E-state index in [0.717, 1.165) is 17.9 Å². The molecule has 1 unspecified atom stereocenters. The molecule has 2 heterocycles. The third-order valence-electron chi connectivity index (χ3n) is 3.52. The average Bonchev–Trinajstić information content (AvgIpc) is 3.06. The molecule has 1 N–H and O–H groups in total. The SMILES string of the molecule is CN(CC1Cc2ccccc2O1)C(=O)Cc1ccn[nH]1. The van der Waals surface area contributed by atoms with Gasteiger partial charge in [0.2, 0.25) is 5.91 Å². The highest BCUT2D eigenvalue weighted by atomic mass is 16.5. The fraction of sp³-hybridized carbons (Fsp3) is 0.333. The smallest absolute Gasteiger partial charge is 0.228 e. The van der Waals surface area contributed by atoms with Gasteiger partial charge in [-0.1, -0.05) is 18.2 Å². The van der Waals surface area contributed by atoms with Crippen LogP contribution in [0.5, 0.6) is 5.75 Å². The molecular weight excluding hydrogens is 254 g/mol. The highest BCUT2D eigenvalue weighted by molar-refractivity contribution is 5.78. The molecule has 0 aliphatic carbocycles. The first-order valence-corrected chi connectivity index (χ1v) is 6.69. The van der Waals surface area contributed by atoms with Gasteiger partial charge >= 0.3 is 0 Å². The van der Waals surface area contributed by atoms with Crippen molar-refractivity contribution in [3.63, 3.8) is 0 Å².